The van der Waals surface area contributed by atoms with Crippen molar-refractivity contribution in [1.29, 1.82) is 0 Å². The highest BCUT2D eigenvalue weighted by Gasteiger charge is 2.26. The summed E-state index contributed by atoms with van der Waals surface area (Å²) in [6.07, 6.45) is 4.43. The molecular weight excluding hydrogens is 388 g/mol. The standard InChI is InChI=1S/C21H26N4O5/c1-13(26)16-8-18-19(30-12-29-18)9-17(16)24-20(27)7-14-3-5-25(6-4-14)21(28)15(10-22)11-23-2/h8-11,14H,3-7,12,22H2,1-2H3,(H,24,27). The van der Waals surface area contributed by atoms with E-state index in [2.05, 4.69) is 10.3 Å². The number of nitrogens with two attached hydrogens (primary N) is 1. The second-order valence-corrected chi connectivity index (χ2v) is 7.30. The maximum atomic E-state index is 12.6. The first-order chi connectivity index (χ1) is 14.4. The molecule has 3 rings (SSSR count). The summed E-state index contributed by atoms with van der Waals surface area (Å²) < 4.78 is 10.6. The molecule has 1 aromatic carbocycles. The molecule has 2 amide bonds. The number of anilines is 1. The number of piperidine rings is 1. The van der Waals surface area contributed by atoms with E-state index in [1.165, 1.54) is 19.3 Å². The van der Waals surface area contributed by atoms with Gasteiger partial charge in [0, 0.05) is 50.6 Å². The van der Waals surface area contributed by atoms with Crippen LogP contribution in [0.3, 0.4) is 0 Å². The maximum Gasteiger partial charge on any atom is 0.256 e. The topological polar surface area (TPSA) is 123 Å². The fourth-order valence-electron chi connectivity index (χ4n) is 3.63. The van der Waals surface area contributed by atoms with Crippen LogP contribution in [0.15, 0.2) is 28.9 Å². The number of carbonyl (C=O) groups is 3. The molecule has 2 aliphatic rings. The summed E-state index contributed by atoms with van der Waals surface area (Å²) in [4.78, 5) is 42.6. The van der Waals surface area contributed by atoms with Crippen LogP contribution >= 0.6 is 0 Å². The number of benzene rings is 1. The van der Waals surface area contributed by atoms with Crippen LogP contribution in [0.4, 0.5) is 5.69 Å². The van der Waals surface area contributed by atoms with Crippen molar-refractivity contribution in [2.45, 2.75) is 26.2 Å². The summed E-state index contributed by atoms with van der Waals surface area (Å²) in [5, 5.41) is 2.83. The van der Waals surface area contributed by atoms with E-state index >= 15 is 0 Å². The van der Waals surface area contributed by atoms with Gasteiger partial charge in [-0.2, -0.15) is 0 Å². The predicted octanol–water partition coefficient (Wildman–Crippen LogP) is 1.73. The highest BCUT2D eigenvalue weighted by molar-refractivity contribution is 6.12. The number of hydrogen-bond acceptors (Lipinski definition) is 7. The summed E-state index contributed by atoms with van der Waals surface area (Å²) in [5.41, 5.74) is 6.66. The largest absolute Gasteiger partial charge is 0.454 e. The first kappa shape index (κ1) is 21.4. The molecule has 0 atom stereocenters. The van der Waals surface area contributed by atoms with Crippen molar-refractivity contribution in [2.24, 2.45) is 16.6 Å². The van der Waals surface area contributed by atoms with Gasteiger partial charge < -0.3 is 25.4 Å². The van der Waals surface area contributed by atoms with E-state index in [4.69, 9.17) is 15.2 Å². The van der Waals surface area contributed by atoms with Gasteiger partial charge in [0.2, 0.25) is 12.7 Å². The van der Waals surface area contributed by atoms with Crippen LogP contribution in [0, 0.1) is 5.92 Å². The van der Waals surface area contributed by atoms with E-state index in [1.54, 1.807) is 24.1 Å². The Morgan fingerprint density at radius 3 is 2.50 bits per heavy atom. The first-order valence-electron chi connectivity index (χ1n) is 9.80. The number of ketones is 1. The number of Topliss-reactive ketones (excluding diaryl/α,β-unsaturated/α-hetero) is 1. The van der Waals surface area contributed by atoms with Gasteiger partial charge in [0.1, 0.15) is 0 Å². The Labute approximate surface area is 174 Å². The fourth-order valence-corrected chi connectivity index (χ4v) is 3.63. The lowest BCUT2D eigenvalue weighted by molar-refractivity contribution is -0.128. The van der Waals surface area contributed by atoms with Crippen molar-refractivity contribution in [3.05, 3.63) is 29.5 Å². The Morgan fingerprint density at radius 1 is 1.23 bits per heavy atom. The van der Waals surface area contributed by atoms with Gasteiger partial charge in [0.05, 0.1) is 11.3 Å². The maximum absolute atomic E-state index is 12.6. The lowest BCUT2D eigenvalue weighted by atomic mass is 9.92. The third-order valence-corrected chi connectivity index (χ3v) is 5.24. The quantitative estimate of drug-likeness (QED) is 0.415. The van der Waals surface area contributed by atoms with E-state index < -0.39 is 0 Å². The first-order valence-corrected chi connectivity index (χ1v) is 9.80. The summed E-state index contributed by atoms with van der Waals surface area (Å²) in [5.74, 6) is 0.638. The van der Waals surface area contributed by atoms with Crippen molar-refractivity contribution >= 4 is 29.5 Å². The van der Waals surface area contributed by atoms with E-state index in [1.807, 2.05) is 0 Å². The highest BCUT2D eigenvalue weighted by Crippen LogP contribution is 2.37. The van der Waals surface area contributed by atoms with Crippen LogP contribution < -0.4 is 20.5 Å². The molecule has 160 valence electrons. The number of fused-ring (bicyclic) bond motifs is 1. The van der Waals surface area contributed by atoms with Crippen LogP contribution in [-0.4, -0.2) is 55.6 Å². The molecule has 1 fully saturated rings. The Bertz CT molecular complexity index is 901. The van der Waals surface area contributed by atoms with Gasteiger partial charge in [-0.25, -0.2) is 0 Å². The Hall–Kier alpha value is -3.36. The van der Waals surface area contributed by atoms with Gasteiger partial charge in [0.15, 0.2) is 17.3 Å². The lowest BCUT2D eigenvalue weighted by Gasteiger charge is -2.32. The Morgan fingerprint density at radius 2 is 1.90 bits per heavy atom. The van der Waals surface area contributed by atoms with Crippen molar-refractivity contribution < 1.29 is 23.9 Å². The average molecular weight is 414 g/mol. The van der Waals surface area contributed by atoms with E-state index in [9.17, 15) is 14.4 Å². The van der Waals surface area contributed by atoms with Gasteiger partial charge in [-0.3, -0.25) is 19.4 Å². The molecule has 0 aromatic heterocycles. The Balaban J connectivity index is 1.57. The molecule has 0 saturated carbocycles. The van der Waals surface area contributed by atoms with Gasteiger partial charge in [0.25, 0.3) is 5.91 Å². The summed E-state index contributed by atoms with van der Waals surface area (Å²) in [6, 6.07) is 3.21. The molecule has 1 aromatic rings. The van der Waals surface area contributed by atoms with Gasteiger partial charge in [-0.15, -0.1) is 0 Å². The van der Waals surface area contributed by atoms with Crippen molar-refractivity contribution in [1.82, 2.24) is 4.90 Å². The van der Waals surface area contributed by atoms with Crippen LogP contribution in [0.1, 0.15) is 36.5 Å². The third-order valence-electron chi connectivity index (χ3n) is 5.24. The summed E-state index contributed by atoms with van der Waals surface area (Å²) in [7, 11) is 1.58. The summed E-state index contributed by atoms with van der Waals surface area (Å²) >= 11 is 0. The average Bonchev–Trinajstić information content (AvgIpc) is 3.18. The van der Waals surface area contributed by atoms with Crippen LogP contribution in [0.5, 0.6) is 11.5 Å². The molecule has 0 aliphatic carbocycles. The molecule has 2 heterocycles. The zero-order valence-electron chi connectivity index (χ0n) is 17.1. The highest BCUT2D eigenvalue weighted by atomic mass is 16.7. The second kappa shape index (κ2) is 9.43. The zero-order valence-corrected chi connectivity index (χ0v) is 17.1. The number of likely N-dealkylation sites (tertiary alicyclic amines) is 1. The molecule has 3 N–H and O–H groups in total. The van der Waals surface area contributed by atoms with E-state index in [0.29, 0.717) is 60.7 Å². The van der Waals surface area contributed by atoms with Crippen LogP contribution in [-0.2, 0) is 9.59 Å². The number of ether oxygens (including phenoxy) is 2. The molecule has 1 saturated heterocycles. The normalized spacial score (nSPS) is 16.7. The molecule has 0 spiro atoms. The minimum atomic E-state index is -0.179. The molecule has 2 aliphatic heterocycles. The molecule has 30 heavy (non-hydrogen) atoms. The second-order valence-electron chi connectivity index (χ2n) is 7.30. The number of hydrogen-bond donors (Lipinski definition) is 2. The smallest absolute Gasteiger partial charge is 0.256 e. The molecule has 0 bridgehead atoms. The van der Waals surface area contributed by atoms with Gasteiger partial charge >= 0.3 is 0 Å². The predicted molar refractivity (Wildman–Crippen MR) is 112 cm³/mol. The van der Waals surface area contributed by atoms with Crippen molar-refractivity contribution in [3.8, 4) is 11.5 Å². The minimum absolute atomic E-state index is 0.0898. The number of carbonyl (C=O) groups excluding carboxylic acids is 3. The molecule has 9 heteroatoms. The lowest BCUT2D eigenvalue weighted by Crippen LogP contribution is -2.40. The Kier molecular flexibility index (Phi) is 6.71. The SMILES string of the molecule is CN=CC(=CN)C(=O)N1CCC(CC(=O)Nc2cc3c(cc2C(C)=O)OCO3)CC1. The minimum Gasteiger partial charge on any atom is -0.454 e. The van der Waals surface area contributed by atoms with Crippen LogP contribution in [0.25, 0.3) is 0 Å². The number of amides is 2. The molecule has 9 nitrogen and oxygen atoms in total. The molecule has 0 unspecified atom stereocenters. The summed E-state index contributed by atoms with van der Waals surface area (Å²) in [6.45, 7) is 2.63. The molecule has 0 radical (unpaired) electrons. The van der Waals surface area contributed by atoms with Gasteiger partial charge in [-0.1, -0.05) is 0 Å². The van der Waals surface area contributed by atoms with Crippen molar-refractivity contribution in [3.63, 3.8) is 0 Å². The van der Waals surface area contributed by atoms with Crippen molar-refractivity contribution in [2.75, 3.05) is 32.2 Å². The number of nitrogens with one attached hydrogen (secondary N) is 1. The van der Waals surface area contributed by atoms with E-state index in [-0.39, 0.29) is 30.3 Å². The van der Waals surface area contributed by atoms with Crippen LogP contribution in [0.2, 0.25) is 0 Å². The monoisotopic (exact) mass is 414 g/mol. The number of aliphatic imine (C=N–C) groups is 1. The number of rotatable bonds is 6. The van der Waals surface area contributed by atoms with Gasteiger partial charge in [-0.05, 0) is 31.7 Å². The fraction of sp³-hybridized carbons (Fsp3) is 0.429. The number of nitrogens with zero attached hydrogens (tertiary/aromatic N) is 2. The zero-order chi connectivity index (χ0) is 21.7. The third kappa shape index (κ3) is 4.79. The molecular formula is C21H26N4O5. The van der Waals surface area contributed by atoms with E-state index in [0.717, 1.165) is 0 Å².